The summed E-state index contributed by atoms with van der Waals surface area (Å²) < 4.78 is 0. The topological polar surface area (TPSA) is 37.6 Å². The largest absolute Gasteiger partial charge is 0.254 e. The molecular formula is C25H26ClN3. The fourth-order valence-electron chi connectivity index (χ4n) is 3.68. The Kier molecular flexibility index (Phi) is 6.29. The van der Waals surface area contributed by atoms with Crippen LogP contribution in [0, 0.1) is 41.5 Å². The van der Waals surface area contributed by atoms with Gasteiger partial charge in [-0.1, -0.05) is 47.0 Å². The van der Waals surface area contributed by atoms with Crippen LogP contribution < -0.4 is 0 Å². The van der Waals surface area contributed by atoms with Gasteiger partial charge in [-0.05, 0) is 75.9 Å². The van der Waals surface area contributed by atoms with Gasteiger partial charge in [0, 0.05) is 5.02 Å². The van der Waals surface area contributed by atoms with E-state index in [-0.39, 0.29) is 0 Å². The zero-order valence-corrected chi connectivity index (χ0v) is 18.6. The molecule has 0 radical (unpaired) electrons. The van der Waals surface area contributed by atoms with Crippen LogP contribution in [0.5, 0.6) is 0 Å². The molecule has 0 spiro atoms. The van der Waals surface area contributed by atoms with Gasteiger partial charge < -0.3 is 0 Å². The molecule has 0 unspecified atom stereocenters. The quantitative estimate of drug-likeness (QED) is 0.428. The Morgan fingerprint density at radius 3 is 1.31 bits per heavy atom. The van der Waals surface area contributed by atoms with E-state index >= 15 is 0 Å². The highest BCUT2D eigenvalue weighted by Gasteiger charge is 2.05. The average Bonchev–Trinajstić information content (AvgIpc) is 2.59. The van der Waals surface area contributed by atoms with Gasteiger partial charge in [0.15, 0.2) is 0 Å². The molecule has 0 aliphatic rings. The molecule has 3 rings (SSSR count). The summed E-state index contributed by atoms with van der Waals surface area (Å²) in [4.78, 5) is 14.0. The minimum Gasteiger partial charge on any atom is -0.254 e. The number of hydrogen-bond donors (Lipinski definition) is 0. The second-order valence-electron chi connectivity index (χ2n) is 7.65. The van der Waals surface area contributed by atoms with Crippen LogP contribution in [0.2, 0.25) is 5.02 Å². The van der Waals surface area contributed by atoms with E-state index < -0.39 is 0 Å². The SMILES string of the molecule is Cc1cc(C)c(N=Cc2cc(Cl)cc(C=Nc3c(C)cc(C)cc3C)n2)c(C)c1. The molecule has 0 bridgehead atoms. The number of benzene rings is 2. The summed E-state index contributed by atoms with van der Waals surface area (Å²) >= 11 is 6.32. The van der Waals surface area contributed by atoms with E-state index in [2.05, 4.69) is 80.8 Å². The first-order chi connectivity index (χ1) is 13.7. The first-order valence-corrected chi connectivity index (χ1v) is 10.0. The minimum absolute atomic E-state index is 0.609. The summed E-state index contributed by atoms with van der Waals surface area (Å²) in [7, 11) is 0. The molecule has 0 atom stereocenters. The van der Waals surface area contributed by atoms with Gasteiger partial charge in [-0.3, -0.25) is 9.98 Å². The number of pyridine rings is 1. The molecule has 0 aliphatic carbocycles. The third kappa shape index (κ3) is 5.18. The third-order valence-corrected chi connectivity index (χ3v) is 4.97. The first kappa shape index (κ1) is 20.9. The number of rotatable bonds is 4. The van der Waals surface area contributed by atoms with Crippen molar-refractivity contribution in [2.45, 2.75) is 41.5 Å². The van der Waals surface area contributed by atoms with Crippen LogP contribution in [0.1, 0.15) is 44.8 Å². The van der Waals surface area contributed by atoms with Crippen molar-refractivity contribution in [1.29, 1.82) is 0 Å². The van der Waals surface area contributed by atoms with E-state index in [1.165, 1.54) is 11.1 Å². The first-order valence-electron chi connectivity index (χ1n) is 9.64. The Balaban J connectivity index is 1.91. The van der Waals surface area contributed by atoms with Gasteiger partial charge in [0.1, 0.15) is 0 Å². The molecule has 0 aliphatic heterocycles. The van der Waals surface area contributed by atoms with Crippen LogP contribution >= 0.6 is 11.6 Å². The maximum atomic E-state index is 6.32. The number of halogens is 1. The maximum Gasteiger partial charge on any atom is 0.0835 e. The zero-order valence-electron chi connectivity index (χ0n) is 17.8. The highest BCUT2D eigenvalue weighted by Crippen LogP contribution is 2.26. The van der Waals surface area contributed by atoms with Crippen LogP contribution in [0.4, 0.5) is 11.4 Å². The minimum atomic E-state index is 0.609. The second-order valence-corrected chi connectivity index (χ2v) is 8.08. The third-order valence-electron chi connectivity index (χ3n) is 4.75. The highest BCUT2D eigenvalue weighted by molar-refractivity contribution is 6.31. The Morgan fingerprint density at radius 1 is 0.621 bits per heavy atom. The normalized spacial score (nSPS) is 11.7. The molecule has 1 heterocycles. The van der Waals surface area contributed by atoms with Gasteiger partial charge in [-0.2, -0.15) is 0 Å². The molecule has 29 heavy (non-hydrogen) atoms. The summed E-state index contributed by atoms with van der Waals surface area (Å²) in [5, 5.41) is 0.609. The zero-order chi connectivity index (χ0) is 21.1. The number of aliphatic imine (C=N–C) groups is 2. The maximum absolute atomic E-state index is 6.32. The lowest BCUT2D eigenvalue weighted by Crippen LogP contribution is -1.95. The summed E-state index contributed by atoms with van der Waals surface area (Å²) in [5.74, 6) is 0. The van der Waals surface area contributed by atoms with Crippen molar-refractivity contribution in [2.24, 2.45) is 9.98 Å². The van der Waals surface area contributed by atoms with Gasteiger partial charge in [0.2, 0.25) is 0 Å². The molecule has 3 nitrogen and oxygen atoms in total. The van der Waals surface area contributed by atoms with E-state index in [1.54, 1.807) is 12.4 Å². The van der Waals surface area contributed by atoms with E-state index in [9.17, 15) is 0 Å². The Hall–Kier alpha value is -2.78. The number of nitrogens with zero attached hydrogens (tertiary/aromatic N) is 3. The summed E-state index contributed by atoms with van der Waals surface area (Å²) in [6, 6.07) is 12.2. The molecule has 0 fully saturated rings. The predicted octanol–water partition coefficient (Wildman–Crippen LogP) is 7.09. The lowest BCUT2D eigenvalue weighted by molar-refractivity contribution is 1.25. The Labute approximate surface area is 178 Å². The lowest BCUT2D eigenvalue weighted by Gasteiger charge is -2.07. The summed E-state index contributed by atoms with van der Waals surface area (Å²) in [6.45, 7) is 12.5. The molecule has 0 saturated heterocycles. The lowest BCUT2D eigenvalue weighted by atomic mass is 10.1. The van der Waals surface area contributed by atoms with Gasteiger partial charge in [0.25, 0.3) is 0 Å². The van der Waals surface area contributed by atoms with Crippen LogP contribution in [-0.2, 0) is 0 Å². The van der Waals surface area contributed by atoms with E-state index in [4.69, 9.17) is 11.6 Å². The number of aryl methyl sites for hydroxylation is 6. The number of hydrogen-bond acceptors (Lipinski definition) is 3. The van der Waals surface area contributed by atoms with Crippen molar-refractivity contribution in [2.75, 3.05) is 0 Å². The summed E-state index contributed by atoms with van der Waals surface area (Å²) in [5.41, 5.74) is 10.4. The fourth-order valence-corrected chi connectivity index (χ4v) is 3.91. The van der Waals surface area contributed by atoms with E-state index in [0.29, 0.717) is 16.4 Å². The van der Waals surface area contributed by atoms with E-state index in [1.807, 2.05) is 12.1 Å². The van der Waals surface area contributed by atoms with Gasteiger partial charge >= 0.3 is 0 Å². The van der Waals surface area contributed by atoms with Crippen molar-refractivity contribution < 1.29 is 0 Å². The van der Waals surface area contributed by atoms with Crippen molar-refractivity contribution in [3.63, 3.8) is 0 Å². The van der Waals surface area contributed by atoms with Crippen LogP contribution in [-0.4, -0.2) is 17.4 Å². The van der Waals surface area contributed by atoms with E-state index in [0.717, 1.165) is 33.6 Å². The smallest absolute Gasteiger partial charge is 0.0835 e. The average molecular weight is 404 g/mol. The number of aromatic nitrogens is 1. The van der Waals surface area contributed by atoms with Crippen LogP contribution in [0.3, 0.4) is 0 Å². The Morgan fingerprint density at radius 2 is 0.966 bits per heavy atom. The standard InChI is InChI=1S/C25H26ClN3/c1-15-7-17(3)24(18(4)8-15)27-13-22-11-21(26)12-23(29-22)14-28-25-19(5)9-16(2)10-20(25)6/h7-14H,1-6H3. The van der Waals surface area contributed by atoms with Crippen LogP contribution in [0.25, 0.3) is 0 Å². The monoisotopic (exact) mass is 403 g/mol. The highest BCUT2D eigenvalue weighted by atomic mass is 35.5. The molecular weight excluding hydrogens is 378 g/mol. The van der Waals surface area contributed by atoms with Crippen LogP contribution in [0.15, 0.2) is 46.4 Å². The molecule has 0 saturated carbocycles. The molecule has 1 aromatic heterocycles. The second kappa shape index (κ2) is 8.71. The molecule has 4 heteroatoms. The van der Waals surface area contributed by atoms with Crippen molar-refractivity contribution in [3.8, 4) is 0 Å². The van der Waals surface area contributed by atoms with Gasteiger partial charge in [-0.25, -0.2) is 4.98 Å². The molecule has 0 amide bonds. The molecule has 0 N–H and O–H groups in total. The van der Waals surface area contributed by atoms with Crippen molar-refractivity contribution in [1.82, 2.24) is 4.98 Å². The molecule has 3 aromatic rings. The summed E-state index contributed by atoms with van der Waals surface area (Å²) in [6.07, 6.45) is 3.52. The molecule has 2 aromatic carbocycles. The predicted molar refractivity (Wildman–Crippen MR) is 125 cm³/mol. The van der Waals surface area contributed by atoms with Crippen molar-refractivity contribution in [3.05, 3.63) is 86.2 Å². The van der Waals surface area contributed by atoms with Gasteiger partial charge in [0.05, 0.1) is 35.2 Å². The molecule has 148 valence electrons. The Bertz CT molecular complexity index is 995. The fraction of sp³-hybridized carbons (Fsp3) is 0.240. The van der Waals surface area contributed by atoms with Crippen molar-refractivity contribution >= 4 is 35.4 Å². The van der Waals surface area contributed by atoms with Gasteiger partial charge in [-0.15, -0.1) is 0 Å².